The first-order chi connectivity index (χ1) is 10.1. The minimum absolute atomic E-state index is 0.357. The maximum atomic E-state index is 12.3. The summed E-state index contributed by atoms with van der Waals surface area (Å²) in [6.45, 7) is 9.23. The van der Waals surface area contributed by atoms with Crippen LogP contribution in [-0.4, -0.2) is 25.5 Å². The third kappa shape index (κ3) is 5.91. The standard InChI is InChI=1S/C16H27O4P/c1-5-18-16(19-6-2)15-11-9-10-14(12-15)13-20-21(17,7-3)8-4/h9-12,16H,5-8,13H2,1-4H3. The molecule has 120 valence electrons. The van der Waals surface area contributed by atoms with E-state index in [1.54, 1.807) is 0 Å². The van der Waals surface area contributed by atoms with Crippen LogP contribution in [-0.2, 0) is 25.2 Å². The lowest BCUT2D eigenvalue weighted by Gasteiger charge is -2.19. The van der Waals surface area contributed by atoms with Crippen LogP contribution in [0, 0.1) is 0 Å². The van der Waals surface area contributed by atoms with E-state index in [4.69, 9.17) is 14.0 Å². The van der Waals surface area contributed by atoms with Crippen LogP contribution in [0.2, 0.25) is 0 Å². The molecule has 0 aliphatic heterocycles. The maximum Gasteiger partial charge on any atom is 0.202 e. The topological polar surface area (TPSA) is 44.8 Å². The minimum Gasteiger partial charge on any atom is -0.349 e. The second kappa shape index (κ2) is 9.37. The summed E-state index contributed by atoms with van der Waals surface area (Å²) in [6.07, 6.45) is 0.789. The van der Waals surface area contributed by atoms with Gasteiger partial charge in [-0.3, -0.25) is 4.57 Å². The van der Waals surface area contributed by atoms with Crippen molar-refractivity contribution in [3.8, 4) is 0 Å². The van der Waals surface area contributed by atoms with Crippen molar-refractivity contribution in [2.24, 2.45) is 0 Å². The number of hydrogen-bond acceptors (Lipinski definition) is 4. The van der Waals surface area contributed by atoms with E-state index >= 15 is 0 Å². The number of hydrogen-bond donors (Lipinski definition) is 0. The first-order valence-corrected chi connectivity index (χ1v) is 9.62. The van der Waals surface area contributed by atoms with Gasteiger partial charge < -0.3 is 14.0 Å². The normalized spacial score (nSPS) is 12.0. The summed E-state index contributed by atoms with van der Waals surface area (Å²) in [7, 11) is -2.47. The highest BCUT2D eigenvalue weighted by atomic mass is 31.2. The predicted molar refractivity (Wildman–Crippen MR) is 85.9 cm³/mol. The van der Waals surface area contributed by atoms with Crippen LogP contribution in [0.25, 0.3) is 0 Å². The van der Waals surface area contributed by atoms with Crippen molar-refractivity contribution in [2.75, 3.05) is 25.5 Å². The van der Waals surface area contributed by atoms with Gasteiger partial charge in [-0.25, -0.2) is 0 Å². The average molecular weight is 314 g/mol. The van der Waals surface area contributed by atoms with Crippen molar-refractivity contribution in [1.29, 1.82) is 0 Å². The molecular formula is C16H27O4P. The van der Waals surface area contributed by atoms with Crippen LogP contribution >= 0.6 is 7.37 Å². The summed E-state index contributed by atoms with van der Waals surface area (Å²) in [5.41, 5.74) is 1.95. The van der Waals surface area contributed by atoms with Gasteiger partial charge in [-0.1, -0.05) is 32.0 Å². The molecule has 0 saturated carbocycles. The molecule has 0 N–H and O–H groups in total. The van der Waals surface area contributed by atoms with E-state index in [2.05, 4.69) is 0 Å². The Morgan fingerprint density at radius 1 is 1.05 bits per heavy atom. The zero-order chi connectivity index (χ0) is 15.7. The summed E-state index contributed by atoms with van der Waals surface area (Å²) in [6, 6.07) is 7.88. The zero-order valence-corrected chi connectivity index (χ0v) is 14.4. The fourth-order valence-corrected chi connectivity index (χ4v) is 3.17. The second-order valence-electron chi connectivity index (χ2n) is 4.71. The molecule has 0 bridgehead atoms. The smallest absolute Gasteiger partial charge is 0.202 e. The molecule has 0 unspecified atom stereocenters. The third-order valence-corrected chi connectivity index (χ3v) is 5.82. The summed E-state index contributed by atoms with van der Waals surface area (Å²) >= 11 is 0. The molecular weight excluding hydrogens is 287 g/mol. The summed E-state index contributed by atoms with van der Waals surface area (Å²) in [5, 5.41) is 0. The van der Waals surface area contributed by atoms with Gasteiger partial charge in [0.05, 0.1) is 6.61 Å². The zero-order valence-electron chi connectivity index (χ0n) is 13.5. The Bertz CT molecular complexity index is 447. The van der Waals surface area contributed by atoms with Gasteiger partial charge in [-0.2, -0.15) is 0 Å². The van der Waals surface area contributed by atoms with E-state index in [-0.39, 0.29) is 6.29 Å². The van der Waals surface area contributed by atoms with E-state index < -0.39 is 7.37 Å². The van der Waals surface area contributed by atoms with Gasteiger partial charge in [0.15, 0.2) is 6.29 Å². The van der Waals surface area contributed by atoms with Crippen LogP contribution < -0.4 is 0 Å². The molecule has 0 fully saturated rings. The first kappa shape index (κ1) is 18.4. The number of benzene rings is 1. The van der Waals surface area contributed by atoms with Crippen molar-refractivity contribution >= 4 is 7.37 Å². The fourth-order valence-electron chi connectivity index (χ4n) is 1.97. The molecule has 4 nitrogen and oxygen atoms in total. The highest BCUT2D eigenvalue weighted by molar-refractivity contribution is 7.58. The Kier molecular flexibility index (Phi) is 8.20. The van der Waals surface area contributed by atoms with Gasteiger partial charge in [-0.15, -0.1) is 0 Å². The molecule has 0 heterocycles. The van der Waals surface area contributed by atoms with E-state index in [0.717, 1.165) is 11.1 Å². The van der Waals surface area contributed by atoms with Crippen molar-refractivity contribution in [3.63, 3.8) is 0 Å². The van der Waals surface area contributed by atoms with Crippen molar-refractivity contribution < 1.29 is 18.6 Å². The molecule has 0 aliphatic rings. The Morgan fingerprint density at radius 3 is 2.19 bits per heavy atom. The third-order valence-electron chi connectivity index (χ3n) is 3.29. The highest BCUT2D eigenvalue weighted by Crippen LogP contribution is 2.46. The second-order valence-corrected chi connectivity index (χ2v) is 7.86. The lowest BCUT2D eigenvalue weighted by molar-refractivity contribution is -0.140. The SMILES string of the molecule is CCOC(OCC)c1cccc(COP(=O)(CC)CC)c1. The quantitative estimate of drug-likeness (QED) is 0.468. The molecule has 21 heavy (non-hydrogen) atoms. The fraction of sp³-hybridized carbons (Fsp3) is 0.625. The molecule has 0 spiro atoms. The van der Waals surface area contributed by atoms with Gasteiger partial charge in [0.2, 0.25) is 7.37 Å². The van der Waals surface area contributed by atoms with Crippen molar-refractivity contribution in [3.05, 3.63) is 35.4 Å². The lowest BCUT2D eigenvalue weighted by Crippen LogP contribution is -2.09. The van der Waals surface area contributed by atoms with E-state index in [0.29, 0.717) is 32.1 Å². The number of ether oxygens (including phenoxy) is 2. The summed E-state index contributed by atoms with van der Waals surface area (Å²) < 4.78 is 29.1. The van der Waals surface area contributed by atoms with Crippen LogP contribution in [0.4, 0.5) is 0 Å². The van der Waals surface area contributed by atoms with Gasteiger partial charge in [0, 0.05) is 31.1 Å². The Morgan fingerprint density at radius 2 is 1.67 bits per heavy atom. The van der Waals surface area contributed by atoms with Gasteiger partial charge in [0.25, 0.3) is 0 Å². The first-order valence-electron chi connectivity index (χ1n) is 7.63. The summed E-state index contributed by atoms with van der Waals surface area (Å²) in [5.74, 6) is 0. The highest BCUT2D eigenvalue weighted by Gasteiger charge is 2.18. The predicted octanol–water partition coefficient (Wildman–Crippen LogP) is 4.59. The molecule has 1 aromatic carbocycles. The van der Waals surface area contributed by atoms with E-state index in [1.165, 1.54) is 0 Å². The molecule has 1 aromatic rings. The number of rotatable bonds is 10. The van der Waals surface area contributed by atoms with Gasteiger partial charge in [0.1, 0.15) is 0 Å². The average Bonchev–Trinajstić information content (AvgIpc) is 2.53. The molecule has 0 saturated heterocycles. The van der Waals surface area contributed by atoms with Crippen LogP contribution in [0.15, 0.2) is 24.3 Å². The molecule has 1 rings (SSSR count). The Labute approximate surface area is 128 Å². The monoisotopic (exact) mass is 314 g/mol. The van der Waals surface area contributed by atoms with Gasteiger partial charge in [-0.05, 0) is 25.5 Å². The van der Waals surface area contributed by atoms with E-state index in [9.17, 15) is 4.57 Å². The Balaban J connectivity index is 2.77. The van der Waals surface area contributed by atoms with E-state index in [1.807, 2.05) is 52.0 Å². The summed E-state index contributed by atoms with van der Waals surface area (Å²) in [4.78, 5) is 0. The maximum absolute atomic E-state index is 12.3. The van der Waals surface area contributed by atoms with Crippen LogP contribution in [0.1, 0.15) is 45.1 Å². The van der Waals surface area contributed by atoms with Gasteiger partial charge >= 0.3 is 0 Å². The molecule has 0 aromatic heterocycles. The molecule has 5 heteroatoms. The molecule has 0 aliphatic carbocycles. The molecule has 0 atom stereocenters. The van der Waals surface area contributed by atoms with Crippen molar-refractivity contribution in [1.82, 2.24) is 0 Å². The largest absolute Gasteiger partial charge is 0.349 e. The molecule has 0 radical (unpaired) electrons. The van der Waals surface area contributed by atoms with Crippen LogP contribution in [0.5, 0.6) is 0 Å². The van der Waals surface area contributed by atoms with Crippen LogP contribution in [0.3, 0.4) is 0 Å². The molecule has 0 amide bonds. The minimum atomic E-state index is -2.47. The Hall–Kier alpha value is -0.670. The van der Waals surface area contributed by atoms with Crippen molar-refractivity contribution in [2.45, 2.75) is 40.6 Å². The lowest BCUT2D eigenvalue weighted by atomic mass is 10.1.